The first-order chi connectivity index (χ1) is 9.90. The van der Waals surface area contributed by atoms with Gasteiger partial charge in [0.2, 0.25) is 10.0 Å². The lowest BCUT2D eigenvalue weighted by Crippen LogP contribution is -2.28. The second-order valence-corrected chi connectivity index (χ2v) is 8.03. The van der Waals surface area contributed by atoms with Gasteiger partial charge in [0, 0.05) is 31.5 Å². The van der Waals surface area contributed by atoms with Crippen molar-refractivity contribution in [1.82, 2.24) is 14.6 Å². The molecule has 0 aliphatic heterocycles. The van der Waals surface area contributed by atoms with Crippen LogP contribution in [-0.2, 0) is 23.1 Å². The number of nitrogens with zero attached hydrogens (tertiary/aromatic N) is 1. The standard InChI is InChI=1S/C15H27N3O2S/c1-4-8-16-10-13-9-14(11-18(13)5-2)21(19,20)17-12-15(3)6-7-15/h9,11,16-17H,4-8,10,12H2,1-3H3. The fraction of sp³-hybridized carbons (Fsp3) is 0.733. The van der Waals surface area contributed by atoms with E-state index in [4.69, 9.17) is 0 Å². The molecule has 1 saturated carbocycles. The van der Waals surface area contributed by atoms with E-state index in [1.165, 1.54) is 0 Å². The lowest BCUT2D eigenvalue weighted by Gasteiger charge is -2.09. The minimum Gasteiger partial charge on any atom is -0.349 e. The highest BCUT2D eigenvalue weighted by atomic mass is 32.2. The molecule has 0 amide bonds. The van der Waals surface area contributed by atoms with Crippen LogP contribution in [0.5, 0.6) is 0 Å². The van der Waals surface area contributed by atoms with Crippen molar-refractivity contribution in [3.8, 4) is 0 Å². The van der Waals surface area contributed by atoms with Gasteiger partial charge in [-0.05, 0) is 44.2 Å². The summed E-state index contributed by atoms with van der Waals surface area (Å²) in [7, 11) is -3.39. The molecule has 0 saturated heterocycles. The van der Waals surface area contributed by atoms with Gasteiger partial charge in [-0.3, -0.25) is 0 Å². The SMILES string of the molecule is CCCNCc1cc(S(=O)(=O)NCC2(C)CC2)cn1CC. The van der Waals surface area contributed by atoms with Gasteiger partial charge in [0.25, 0.3) is 0 Å². The van der Waals surface area contributed by atoms with Crippen LogP contribution in [0.15, 0.2) is 17.2 Å². The number of hydrogen-bond acceptors (Lipinski definition) is 3. The Kier molecular flexibility index (Phi) is 5.11. The van der Waals surface area contributed by atoms with Gasteiger partial charge in [-0.15, -0.1) is 0 Å². The zero-order valence-electron chi connectivity index (χ0n) is 13.3. The number of nitrogens with one attached hydrogen (secondary N) is 2. The molecule has 1 fully saturated rings. The predicted molar refractivity (Wildman–Crippen MR) is 84.6 cm³/mol. The molecule has 1 aromatic heterocycles. The summed E-state index contributed by atoms with van der Waals surface area (Å²) in [4.78, 5) is 0.377. The van der Waals surface area contributed by atoms with Gasteiger partial charge in [0.05, 0.1) is 4.90 Å². The number of hydrogen-bond donors (Lipinski definition) is 2. The van der Waals surface area contributed by atoms with Crippen molar-refractivity contribution in [2.24, 2.45) is 5.41 Å². The average Bonchev–Trinajstić information content (AvgIpc) is 3.03. The zero-order valence-corrected chi connectivity index (χ0v) is 14.1. The van der Waals surface area contributed by atoms with Crippen molar-refractivity contribution in [3.63, 3.8) is 0 Å². The Morgan fingerprint density at radius 3 is 2.62 bits per heavy atom. The van der Waals surface area contributed by atoms with Gasteiger partial charge in [-0.1, -0.05) is 13.8 Å². The Labute approximate surface area is 128 Å². The second kappa shape index (κ2) is 6.50. The van der Waals surface area contributed by atoms with Gasteiger partial charge >= 0.3 is 0 Å². The predicted octanol–water partition coefficient (Wildman–Crippen LogP) is 2.09. The molecule has 0 spiro atoms. The number of aromatic nitrogens is 1. The normalized spacial score (nSPS) is 17.1. The molecule has 1 aliphatic rings. The van der Waals surface area contributed by atoms with Crippen LogP contribution >= 0.6 is 0 Å². The molecule has 0 bridgehead atoms. The minimum atomic E-state index is -3.39. The molecule has 0 aromatic carbocycles. The van der Waals surface area contributed by atoms with Crippen LogP contribution in [0.1, 0.15) is 45.7 Å². The van der Waals surface area contributed by atoms with Crippen LogP contribution in [-0.4, -0.2) is 26.1 Å². The fourth-order valence-corrected chi connectivity index (χ4v) is 3.51. The summed E-state index contributed by atoms with van der Waals surface area (Å²) >= 11 is 0. The maximum absolute atomic E-state index is 12.4. The topological polar surface area (TPSA) is 63.1 Å². The van der Waals surface area contributed by atoms with E-state index in [0.29, 0.717) is 18.0 Å². The van der Waals surface area contributed by atoms with Gasteiger partial charge in [0.1, 0.15) is 0 Å². The average molecular weight is 313 g/mol. The van der Waals surface area contributed by atoms with Crippen molar-refractivity contribution in [3.05, 3.63) is 18.0 Å². The fourth-order valence-electron chi connectivity index (χ4n) is 2.25. The highest BCUT2D eigenvalue weighted by molar-refractivity contribution is 7.89. The lowest BCUT2D eigenvalue weighted by atomic mass is 10.2. The van der Waals surface area contributed by atoms with Gasteiger partial charge < -0.3 is 9.88 Å². The number of sulfonamides is 1. The smallest absolute Gasteiger partial charge is 0.242 e. The molecule has 1 aliphatic carbocycles. The van der Waals surface area contributed by atoms with E-state index in [-0.39, 0.29) is 5.41 Å². The molecule has 21 heavy (non-hydrogen) atoms. The third kappa shape index (κ3) is 4.31. The van der Waals surface area contributed by atoms with Gasteiger partial charge in [-0.2, -0.15) is 0 Å². The molecule has 2 rings (SSSR count). The third-order valence-corrected chi connectivity index (χ3v) is 5.51. The Morgan fingerprint density at radius 2 is 2.05 bits per heavy atom. The quantitative estimate of drug-likeness (QED) is 0.686. The summed E-state index contributed by atoms with van der Waals surface area (Å²) in [6.45, 7) is 9.21. The van der Waals surface area contributed by atoms with Crippen molar-refractivity contribution in [2.75, 3.05) is 13.1 Å². The van der Waals surface area contributed by atoms with Gasteiger partial charge in [-0.25, -0.2) is 13.1 Å². The zero-order chi connectivity index (χ0) is 15.5. The van der Waals surface area contributed by atoms with E-state index in [1.54, 1.807) is 12.3 Å². The summed E-state index contributed by atoms with van der Waals surface area (Å²) in [6.07, 6.45) is 5.02. The number of rotatable bonds is 9. The largest absolute Gasteiger partial charge is 0.349 e. The molecule has 0 radical (unpaired) electrons. The molecule has 1 aromatic rings. The molecule has 6 heteroatoms. The molecule has 1 heterocycles. The summed E-state index contributed by atoms with van der Waals surface area (Å²) in [5.41, 5.74) is 1.19. The van der Waals surface area contributed by atoms with Crippen molar-refractivity contribution >= 4 is 10.0 Å². The maximum atomic E-state index is 12.4. The molecule has 2 N–H and O–H groups in total. The van der Waals surface area contributed by atoms with Crippen molar-refractivity contribution < 1.29 is 8.42 Å². The first-order valence-corrected chi connectivity index (χ1v) is 9.28. The number of aryl methyl sites for hydroxylation is 1. The van der Waals surface area contributed by atoms with Gasteiger partial charge in [0.15, 0.2) is 0 Å². The molecule has 0 unspecified atom stereocenters. The van der Waals surface area contributed by atoms with E-state index in [0.717, 1.165) is 38.0 Å². The Hall–Kier alpha value is -0.850. The highest BCUT2D eigenvalue weighted by Gasteiger charge is 2.38. The van der Waals surface area contributed by atoms with Crippen LogP contribution in [0, 0.1) is 5.41 Å². The van der Waals surface area contributed by atoms with E-state index in [1.807, 2.05) is 11.5 Å². The van der Waals surface area contributed by atoms with Crippen LogP contribution in [0.25, 0.3) is 0 Å². The Bertz CT molecular complexity index is 574. The van der Waals surface area contributed by atoms with Crippen LogP contribution in [0.3, 0.4) is 0 Å². The van der Waals surface area contributed by atoms with Crippen molar-refractivity contribution in [2.45, 2.75) is 58.0 Å². The van der Waals surface area contributed by atoms with Crippen LogP contribution < -0.4 is 10.0 Å². The summed E-state index contributed by atoms with van der Waals surface area (Å²) in [5, 5.41) is 3.32. The monoisotopic (exact) mass is 313 g/mol. The first-order valence-electron chi connectivity index (χ1n) is 7.79. The summed E-state index contributed by atoms with van der Waals surface area (Å²) < 4.78 is 29.5. The lowest BCUT2D eigenvalue weighted by molar-refractivity contribution is 0.530. The Balaban J connectivity index is 2.07. The van der Waals surface area contributed by atoms with E-state index < -0.39 is 10.0 Å². The summed E-state index contributed by atoms with van der Waals surface area (Å²) in [6, 6.07) is 1.78. The second-order valence-electron chi connectivity index (χ2n) is 6.27. The van der Waals surface area contributed by atoms with Crippen LogP contribution in [0.4, 0.5) is 0 Å². The first kappa shape index (κ1) is 16.5. The van der Waals surface area contributed by atoms with E-state index >= 15 is 0 Å². The molecule has 120 valence electrons. The maximum Gasteiger partial charge on any atom is 0.242 e. The Morgan fingerprint density at radius 1 is 1.33 bits per heavy atom. The van der Waals surface area contributed by atoms with E-state index in [9.17, 15) is 8.42 Å². The molecule has 5 nitrogen and oxygen atoms in total. The molecular weight excluding hydrogens is 286 g/mol. The third-order valence-electron chi connectivity index (χ3n) is 4.14. The molecular formula is C15H27N3O2S. The minimum absolute atomic E-state index is 0.173. The van der Waals surface area contributed by atoms with Crippen LogP contribution in [0.2, 0.25) is 0 Å². The van der Waals surface area contributed by atoms with E-state index in [2.05, 4.69) is 23.9 Å². The van der Waals surface area contributed by atoms with Crippen molar-refractivity contribution in [1.29, 1.82) is 0 Å². The highest BCUT2D eigenvalue weighted by Crippen LogP contribution is 2.44. The molecule has 0 atom stereocenters. The summed E-state index contributed by atoms with van der Waals surface area (Å²) in [5.74, 6) is 0.